The molecule has 10 nitrogen and oxygen atoms in total. The average Bonchev–Trinajstić information content (AvgIpc) is 3.20. The van der Waals surface area contributed by atoms with Crippen molar-refractivity contribution in [3.63, 3.8) is 0 Å². The van der Waals surface area contributed by atoms with Crippen molar-refractivity contribution >= 4 is 40.8 Å². The predicted octanol–water partition coefficient (Wildman–Crippen LogP) is 8.06. The van der Waals surface area contributed by atoms with Crippen LogP contribution in [0.5, 0.6) is 5.75 Å². The van der Waals surface area contributed by atoms with Crippen LogP contribution in [0.25, 0.3) is 16.7 Å². The topological polar surface area (TPSA) is 154 Å². The van der Waals surface area contributed by atoms with Gasteiger partial charge in [-0.25, -0.2) is 0 Å². The number of phenolic OH excluding ortho intramolecular Hbond substituents is 1. The molecule has 11 heteroatoms. The molecule has 1 unspecified atom stereocenters. The Balaban J connectivity index is 0.00000153. The Morgan fingerprint density at radius 1 is 0.982 bits per heavy atom. The fourth-order valence-corrected chi connectivity index (χ4v) is 5.55. The Kier molecular flexibility index (Phi) is 22.7. The minimum atomic E-state index is -1.15. The summed E-state index contributed by atoms with van der Waals surface area (Å²) < 4.78 is 0. The van der Waals surface area contributed by atoms with E-state index in [0.29, 0.717) is 34.7 Å². The van der Waals surface area contributed by atoms with Crippen molar-refractivity contribution in [2.75, 3.05) is 33.2 Å². The maximum Gasteiger partial charge on any atom is 0.251 e. The van der Waals surface area contributed by atoms with Crippen LogP contribution in [-0.4, -0.2) is 66.9 Å². The molecule has 4 amide bonds. The van der Waals surface area contributed by atoms with Crippen molar-refractivity contribution in [1.82, 2.24) is 20.9 Å². The smallest absolute Gasteiger partial charge is 0.251 e. The lowest BCUT2D eigenvalue weighted by Crippen LogP contribution is -2.47. The number of nitrogens with zero attached hydrogens (tertiary/aromatic N) is 1. The molecule has 4 rings (SSSR count). The van der Waals surface area contributed by atoms with Crippen LogP contribution >= 0.6 is 11.6 Å². The van der Waals surface area contributed by atoms with Gasteiger partial charge in [-0.1, -0.05) is 115 Å². The van der Waals surface area contributed by atoms with E-state index in [0.717, 1.165) is 28.8 Å². The first-order chi connectivity index (χ1) is 26.4. The second kappa shape index (κ2) is 26.0. The maximum absolute atomic E-state index is 13.5. The Hall–Kier alpha value is -4.93. The quantitative estimate of drug-likeness (QED) is 0.156. The molecule has 6 N–H and O–H groups in total. The fourth-order valence-electron chi connectivity index (χ4n) is 5.42. The molecule has 0 aromatic heterocycles. The summed E-state index contributed by atoms with van der Waals surface area (Å²) in [6.07, 6.45) is 6.91. The first kappa shape index (κ1) is 48.1. The van der Waals surface area contributed by atoms with E-state index in [1.807, 2.05) is 84.9 Å². The van der Waals surface area contributed by atoms with Crippen LogP contribution < -0.4 is 21.7 Å². The molecule has 3 aromatic carbocycles. The van der Waals surface area contributed by atoms with E-state index in [1.54, 1.807) is 36.4 Å². The van der Waals surface area contributed by atoms with Crippen molar-refractivity contribution in [1.29, 1.82) is 0 Å². The van der Waals surface area contributed by atoms with Crippen LogP contribution in [0.4, 0.5) is 0 Å². The van der Waals surface area contributed by atoms with Gasteiger partial charge in [-0.3, -0.25) is 19.2 Å². The zero-order chi connectivity index (χ0) is 41.5. The van der Waals surface area contributed by atoms with Gasteiger partial charge in [-0.2, -0.15) is 0 Å². The number of likely N-dealkylation sites (N-methyl/N-ethyl adjacent to an activating group) is 1. The number of aromatic hydroxyl groups is 1. The third kappa shape index (κ3) is 15.4. The van der Waals surface area contributed by atoms with Crippen molar-refractivity contribution in [3.05, 3.63) is 106 Å². The zero-order valence-corrected chi connectivity index (χ0v) is 34.8. The van der Waals surface area contributed by atoms with Crippen LogP contribution in [0.2, 0.25) is 5.02 Å². The first-order valence-corrected chi connectivity index (χ1v) is 19.6. The lowest BCUT2D eigenvalue weighted by molar-refractivity contribution is -0.139. The molecule has 1 aliphatic rings. The van der Waals surface area contributed by atoms with Gasteiger partial charge in [-0.05, 0) is 90.9 Å². The van der Waals surface area contributed by atoms with E-state index in [9.17, 15) is 24.3 Å². The summed E-state index contributed by atoms with van der Waals surface area (Å²) in [6, 6.07) is 17.9. The van der Waals surface area contributed by atoms with Crippen LogP contribution in [0, 0.1) is 5.92 Å². The lowest BCUT2D eigenvalue weighted by atomic mass is 9.89. The third-order valence-corrected chi connectivity index (χ3v) is 8.70. The number of carbonyl (C=O) groups is 4. The Morgan fingerprint density at radius 3 is 2.11 bits per heavy atom. The average molecular weight is 776 g/mol. The van der Waals surface area contributed by atoms with Crippen molar-refractivity contribution in [3.8, 4) is 16.9 Å². The number of allylic oxidation sites excluding steroid dienone is 3. The molecule has 2 bridgehead atoms. The summed E-state index contributed by atoms with van der Waals surface area (Å²) in [6.45, 7) is 16.6. The number of fused-ring (bicyclic) bond motifs is 2. The van der Waals surface area contributed by atoms with E-state index in [4.69, 9.17) is 17.3 Å². The molecule has 3 aromatic rings. The van der Waals surface area contributed by atoms with Crippen LogP contribution in [0.1, 0.15) is 102 Å². The number of carbonyl (C=O) groups excluding carboxylic acids is 4. The number of halogens is 1. The highest BCUT2D eigenvalue weighted by Gasteiger charge is 2.30. The predicted molar refractivity (Wildman–Crippen MR) is 227 cm³/mol. The van der Waals surface area contributed by atoms with Gasteiger partial charge < -0.3 is 31.7 Å². The van der Waals surface area contributed by atoms with Gasteiger partial charge in [0.1, 0.15) is 11.8 Å². The Bertz CT molecular complexity index is 1720. The molecule has 1 aliphatic heterocycles. The highest BCUT2D eigenvalue weighted by molar-refractivity contribution is 6.30. The number of hydrogen-bond acceptors (Lipinski definition) is 6. The Morgan fingerprint density at radius 2 is 1.58 bits per heavy atom. The summed E-state index contributed by atoms with van der Waals surface area (Å²) in [7, 11) is 1.46. The second-order valence-corrected chi connectivity index (χ2v) is 13.0. The van der Waals surface area contributed by atoms with Crippen LogP contribution in [0.3, 0.4) is 0 Å². The molecule has 0 saturated heterocycles. The van der Waals surface area contributed by atoms with E-state index < -0.39 is 23.8 Å². The van der Waals surface area contributed by atoms with Gasteiger partial charge in [0.25, 0.3) is 5.91 Å². The highest BCUT2D eigenvalue weighted by atomic mass is 35.5. The first-order valence-electron chi connectivity index (χ1n) is 19.2. The number of phenols is 1. The van der Waals surface area contributed by atoms with E-state index in [2.05, 4.69) is 22.9 Å². The number of hydrogen-bond donors (Lipinski definition) is 5. The standard InChI is InChI=1S/C36H39ClN4O5.C4H11N.2C2H6/c1-5-23-16-17-38-32(43)20-39-36(46)34(27-12-15-31(42)30(19-27)29(18-23)22(2)3)41(4)33(44)21-40-35(45)26-8-6-24(7-9-26)25-10-13-28(37)14-11-25;1-2-3-4-5;2*1-2/h5-15,18-19,22,34,42H,16-17,20-21H2,1-4H3,(H,38,43)(H,39,46)(H,40,45);2-5H2,1H3;2*1-2H3/b23-5-,29-18+;;;. The van der Waals surface area contributed by atoms with Gasteiger partial charge in [-0.15, -0.1) is 0 Å². The van der Waals surface area contributed by atoms with Gasteiger partial charge >= 0.3 is 0 Å². The second-order valence-electron chi connectivity index (χ2n) is 12.5. The van der Waals surface area contributed by atoms with Crippen molar-refractivity contribution in [2.24, 2.45) is 11.7 Å². The molecule has 0 radical (unpaired) electrons. The normalized spacial score (nSPS) is 15.8. The molecule has 1 atom stereocenters. The molecular formula is C44H62ClN5O5. The number of benzene rings is 3. The van der Waals surface area contributed by atoms with Crippen LogP contribution in [0.15, 0.2) is 84.5 Å². The zero-order valence-electron chi connectivity index (χ0n) is 34.1. The van der Waals surface area contributed by atoms with Gasteiger partial charge in [0, 0.05) is 29.7 Å². The number of unbranched alkanes of at least 4 members (excludes halogenated alkanes) is 1. The summed E-state index contributed by atoms with van der Waals surface area (Å²) >= 11 is 5.98. The maximum atomic E-state index is 13.5. The van der Waals surface area contributed by atoms with E-state index in [1.165, 1.54) is 30.9 Å². The summed E-state index contributed by atoms with van der Waals surface area (Å²) in [5, 5.41) is 19.6. The highest BCUT2D eigenvalue weighted by Crippen LogP contribution is 2.35. The number of nitrogens with one attached hydrogen (secondary N) is 3. The Labute approximate surface area is 333 Å². The molecular weight excluding hydrogens is 714 g/mol. The molecule has 55 heavy (non-hydrogen) atoms. The fraction of sp³-hybridized carbons (Fsp3) is 0.409. The van der Waals surface area contributed by atoms with Gasteiger partial charge in [0.2, 0.25) is 17.7 Å². The van der Waals surface area contributed by atoms with Crippen molar-refractivity contribution < 1.29 is 24.3 Å². The lowest BCUT2D eigenvalue weighted by Gasteiger charge is -2.29. The van der Waals surface area contributed by atoms with Crippen molar-refractivity contribution in [2.45, 2.75) is 80.7 Å². The summed E-state index contributed by atoms with van der Waals surface area (Å²) in [4.78, 5) is 53.6. The molecule has 0 fully saturated rings. The molecule has 0 saturated carbocycles. The third-order valence-electron chi connectivity index (χ3n) is 8.45. The molecule has 300 valence electrons. The molecule has 1 heterocycles. The number of amides is 4. The molecule has 0 spiro atoms. The number of rotatable bonds is 8. The summed E-state index contributed by atoms with van der Waals surface area (Å²) in [5.41, 5.74) is 10.2. The molecule has 0 aliphatic carbocycles. The van der Waals surface area contributed by atoms with Crippen LogP contribution in [-0.2, 0) is 14.4 Å². The largest absolute Gasteiger partial charge is 0.507 e. The minimum absolute atomic E-state index is 0.0145. The minimum Gasteiger partial charge on any atom is -0.507 e. The number of nitrogens with two attached hydrogens (primary N) is 1. The SMILES string of the molecule is C/C=C1\C=C(/C(C)C)c2cc(ccc2O)C(N(C)C(=O)CNC(=O)c2ccc(-c3ccc(Cl)cc3)cc2)C(=O)NCC(=O)NCC1.CC.CC.CCCCN. The van der Waals surface area contributed by atoms with E-state index in [-0.39, 0.29) is 30.7 Å². The van der Waals surface area contributed by atoms with Gasteiger partial charge in [0.15, 0.2) is 0 Å². The van der Waals surface area contributed by atoms with Gasteiger partial charge in [0.05, 0.1) is 13.1 Å². The monoisotopic (exact) mass is 775 g/mol. The summed E-state index contributed by atoms with van der Waals surface area (Å²) in [5.74, 6) is -1.85. The van der Waals surface area contributed by atoms with E-state index >= 15 is 0 Å².